The van der Waals surface area contributed by atoms with Gasteiger partial charge in [0.2, 0.25) is 5.78 Å². The highest BCUT2D eigenvalue weighted by atomic mass is 16.6. The molecule has 9 heteroatoms. The number of nitro benzene ring substituents is 1. The highest BCUT2D eigenvalue weighted by Gasteiger charge is 2.16. The van der Waals surface area contributed by atoms with Gasteiger partial charge in [-0.25, -0.2) is 0 Å². The first kappa shape index (κ1) is 18.3. The molecule has 0 heterocycles. The summed E-state index contributed by atoms with van der Waals surface area (Å²) in [6.45, 7) is 0. The molecule has 3 N–H and O–H groups in total. The van der Waals surface area contributed by atoms with Crippen molar-refractivity contribution in [3.05, 3.63) is 81.9 Å². The van der Waals surface area contributed by atoms with Gasteiger partial charge in [-0.15, -0.1) is 0 Å². The average molecular weight is 355 g/mol. The average Bonchev–Trinajstić information content (AvgIpc) is 2.66. The fraction of sp³-hybridized carbons (Fsp3) is 0. The zero-order valence-corrected chi connectivity index (χ0v) is 13.2. The Morgan fingerprint density at radius 2 is 1.62 bits per heavy atom. The largest absolute Gasteiger partial charge is 0.507 e. The van der Waals surface area contributed by atoms with Gasteiger partial charge in [0, 0.05) is 29.3 Å². The van der Waals surface area contributed by atoms with Crippen LogP contribution >= 0.6 is 0 Å². The lowest BCUT2D eigenvalue weighted by Gasteiger charge is -2.06. The lowest BCUT2D eigenvalue weighted by atomic mass is 10.1. The van der Waals surface area contributed by atoms with E-state index in [4.69, 9.17) is 0 Å². The van der Waals surface area contributed by atoms with Gasteiger partial charge in [0.1, 0.15) is 5.76 Å². The van der Waals surface area contributed by atoms with Crippen LogP contribution in [0, 0.1) is 10.1 Å². The first-order valence-corrected chi connectivity index (χ1v) is 7.23. The summed E-state index contributed by atoms with van der Waals surface area (Å²) in [5.41, 5.74) is 3.81. The molecular formula is C17H13N3O6. The number of hydrogen-bond donors (Lipinski definition) is 3. The van der Waals surface area contributed by atoms with Gasteiger partial charge in [0.15, 0.2) is 0 Å². The quantitative estimate of drug-likeness (QED) is 0.244. The summed E-state index contributed by atoms with van der Waals surface area (Å²) in [6.07, 6.45) is 0.712. The number of nitrogens with zero attached hydrogens (tertiary/aromatic N) is 1. The van der Waals surface area contributed by atoms with E-state index >= 15 is 0 Å². The monoisotopic (exact) mass is 355 g/mol. The van der Waals surface area contributed by atoms with Crippen LogP contribution in [0.1, 0.15) is 15.9 Å². The molecule has 2 aromatic rings. The van der Waals surface area contributed by atoms with Gasteiger partial charge < -0.3 is 5.11 Å². The van der Waals surface area contributed by atoms with Crippen molar-refractivity contribution >= 4 is 29.0 Å². The van der Waals surface area contributed by atoms with Crippen molar-refractivity contribution in [2.45, 2.75) is 0 Å². The van der Waals surface area contributed by atoms with Crippen molar-refractivity contribution in [2.75, 3.05) is 0 Å². The summed E-state index contributed by atoms with van der Waals surface area (Å²) in [4.78, 5) is 45.3. The molecule has 0 radical (unpaired) electrons. The highest BCUT2D eigenvalue weighted by Crippen LogP contribution is 2.13. The Morgan fingerprint density at radius 1 is 0.962 bits per heavy atom. The summed E-state index contributed by atoms with van der Waals surface area (Å²) in [5, 5.41) is 20.5. The van der Waals surface area contributed by atoms with Gasteiger partial charge >= 0.3 is 5.91 Å². The summed E-state index contributed by atoms with van der Waals surface area (Å²) in [7, 11) is 0. The molecule has 0 aliphatic heterocycles. The molecule has 2 rings (SSSR count). The Morgan fingerprint density at radius 3 is 2.27 bits per heavy atom. The third-order valence-corrected chi connectivity index (χ3v) is 3.17. The molecule has 0 fully saturated rings. The molecule has 0 bridgehead atoms. The lowest BCUT2D eigenvalue weighted by molar-refractivity contribution is -0.384. The number of hydrazine groups is 1. The number of rotatable bonds is 5. The van der Waals surface area contributed by atoms with Gasteiger partial charge in [0.05, 0.1) is 4.92 Å². The molecule has 2 aromatic carbocycles. The van der Waals surface area contributed by atoms with Crippen LogP contribution in [0.25, 0.3) is 5.76 Å². The summed E-state index contributed by atoms with van der Waals surface area (Å²) in [6, 6.07) is 12.9. The second-order valence-corrected chi connectivity index (χ2v) is 4.98. The Hall–Kier alpha value is -4.01. The molecule has 0 atom stereocenters. The number of hydrogen-bond acceptors (Lipinski definition) is 6. The van der Waals surface area contributed by atoms with E-state index in [1.165, 1.54) is 18.2 Å². The molecule has 26 heavy (non-hydrogen) atoms. The van der Waals surface area contributed by atoms with Crippen molar-refractivity contribution in [1.82, 2.24) is 10.9 Å². The number of non-ortho nitro benzene ring substituents is 1. The number of amides is 2. The number of ketones is 1. The van der Waals surface area contributed by atoms with Crippen LogP contribution < -0.4 is 10.9 Å². The number of benzene rings is 2. The van der Waals surface area contributed by atoms with Gasteiger partial charge in [0.25, 0.3) is 11.6 Å². The molecule has 0 aliphatic carbocycles. The molecule has 0 saturated heterocycles. The Balaban J connectivity index is 1.97. The minimum Gasteiger partial charge on any atom is -0.507 e. The number of aliphatic hydroxyl groups is 1. The van der Waals surface area contributed by atoms with Crippen LogP contribution in [0.2, 0.25) is 0 Å². The summed E-state index contributed by atoms with van der Waals surface area (Å²) in [5.74, 6) is -3.53. The Bertz CT molecular complexity index is 892. The number of aliphatic hydroxyl groups excluding tert-OH is 1. The maximum atomic E-state index is 11.9. The maximum Gasteiger partial charge on any atom is 0.310 e. The molecule has 0 aromatic heterocycles. The van der Waals surface area contributed by atoms with E-state index in [1.54, 1.807) is 30.3 Å². The van der Waals surface area contributed by atoms with Gasteiger partial charge in [-0.3, -0.25) is 35.3 Å². The van der Waals surface area contributed by atoms with Gasteiger partial charge in [-0.1, -0.05) is 36.4 Å². The van der Waals surface area contributed by atoms with E-state index in [9.17, 15) is 29.6 Å². The second-order valence-electron chi connectivity index (χ2n) is 4.98. The predicted molar refractivity (Wildman–Crippen MR) is 90.8 cm³/mol. The number of nitrogens with one attached hydrogen (secondary N) is 2. The van der Waals surface area contributed by atoms with Crippen LogP contribution in [0.5, 0.6) is 0 Å². The van der Waals surface area contributed by atoms with Crippen molar-refractivity contribution < 1.29 is 24.4 Å². The first-order valence-electron chi connectivity index (χ1n) is 7.23. The number of carbonyl (C=O) groups excluding carboxylic acids is 3. The van der Waals surface area contributed by atoms with Gasteiger partial charge in [-0.05, 0) is 6.07 Å². The molecule has 132 valence electrons. The van der Waals surface area contributed by atoms with Crippen molar-refractivity contribution in [3.63, 3.8) is 0 Å². The van der Waals surface area contributed by atoms with E-state index in [1.807, 2.05) is 10.9 Å². The van der Waals surface area contributed by atoms with Crippen LogP contribution in [0.3, 0.4) is 0 Å². The smallest absolute Gasteiger partial charge is 0.310 e. The van der Waals surface area contributed by atoms with Crippen LogP contribution in [0.4, 0.5) is 5.69 Å². The van der Waals surface area contributed by atoms with Crippen molar-refractivity contribution in [2.24, 2.45) is 0 Å². The SMILES string of the molecule is O=C(C=C(O)c1ccccc1)C(=O)NNC(=O)c1cccc([N+](=O)[O-])c1. The fourth-order valence-corrected chi connectivity index (χ4v) is 1.89. The molecular weight excluding hydrogens is 342 g/mol. The van der Waals surface area contributed by atoms with Crippen LogP contribution in [-0.2, 0) is 9.59 Å². The van der Waals surface area contributed by atoms with Gasteiger partial charge in [-0.2, -0.15) is 0 Å². The molecule has 0 saturated carbocycles. The van der Waals surface area contributed by atoms with E-state index in [-0.39, 0.29) is 11.3 Å². The highest BCUT2D eigenvalue weighted by molar-refractivity contribution is 6.41. The van der Waals surface area contributed by atoms with E-state index < -0.39 is 28.3 Å². The normalized spacial score (nSPS) is 10.7. The van der Waals surface area contributed by atoms with E-state index in [0.29, 0.717) is 11.6 Å². The number of nitro groups is 1. The topological polar surface area (TPSA) is 139 Å². The number of carbonyl (C=O) groups is 3. The fourth-order valence-electron chi connectivity index (χ4n) is 1.89. The standard InChI is InChI=1S/C17H13N3O6/c21-14(11-5-2-1-3-6-11)10-15(22)17(24)19-18-16(23)12-7-4-8-13(9-12)20(25)26/h1-10,21H,(H,18,23)(H,19,24). The van der Waals surface area contributed by atoms with Crippen molar-refractivity contribution in [3.8, 4) is 0 Å². The zero-order chi connectivity index (χ0) is 19.1. The zero-order valence-electron chi connectivity index (χ0n) is 13.2. The predicted octanol–water partition coefficient (Wildman–Crippen LogP) is 1.52. The van der Waals surface area contributed by atoms with Crippen LogP contribution in [-0.4, -0.2) is 27.6 Å². The van der Waals surface area contributed by atoms with E-state index in [2.05, 4.69) is 0 Å². The molecule has 0 spiro atoms. The maximum absolute atomic E-state index is 11.9. The summed E-state index contributed by atoms with van der Waals surface area (Å²) < 4.78 is 0. The third-order valence-electron chi connectivity index (χ3n) is 3.17. The minimum atomic E-state index is -1.19. The van der Waals surface area contributed by atoms with Crippen LogP contribution in [0.15, 0.2) is 60.7 Å². The van der Waals surface area contributed by atoms with Crippen molar-refractivity contribution in [1.29, 1.82) is 0 Å². The molecule has 0 aliphatic rings. The molecule has 0 unspecified atom stereocenters. The van der Waals surface area contributed by atoms with E-state index in [0.717, 1.165) is 6.07 Å². The summed E-state index contributed by atoms with van der Waals surface area (Å²) >= 11 is 0. The first-order chi connectivity index (χ1) is 12.4. The lowest BCUT2D eigenvalue weighted by Crippen LogP contribution is -2.44. The Kier molecular flexibility index (Phi) is 5.78. The molecule has 9 nitrogen and oxygen atoms in total. The minimum absolute atomic E-state index is 0.0744. The second kappa shape index (κ2) is 8.20. The molecule has 2 amide bonds. The Labute approximate surface area is 147 Å². The third kappa shape index (κ3) is 4.74.